The Labute approximate surface area is 128 Å². The van der Waals surface area contributed by atoms with Crippen LogP contribution in [0.1, 0.15) is 11.3 Å². The Balaban J connectivity index is 1.56. The summed E-state index contributed by atoms with van der Waals surface area (Å²) in [5.41, 5.74) is 2.30. The summed E-state index contributed by atoms with van der Waals surface area (Å²) in [6.07, 6.45) is 2.75. The molecule has 0 aliphatic carbocycles. The lowest BCUT2D eigenvalue weighted by Crippen LogP contribution is -2.19. The monoisotopic (exact) mass is 307 g/mol. The van der Waals surface area contributed by atoms with Gasteiger partial charge in [0.1, 0.15) is 13.2 Å². The van der Waals surface area contributed by atoms with Crippen molar-refractivity contribution in [3.63, 3.8) is 0 Å². The fourth-order valence-electron chi connectivity index (χ4n) is 2.36. The van der Waals surface area contributed by atoms with Crippen LogP contribution in [0.5, 0.6) is 11.5 Å². The van der Waals surface area contributed by atoms with Gasteiger partial charge in [-0.3, -0.25) is 4.68 Å². The minimum atomic E-state index is 0.551. The number of fused-ring (bicyclic) bond motifs is 1. The zero-order chi connectivity index (χ0) is 14.7. The quantitative estimate of drug-likeness (QED) is 0.860. The molecule has 112 valence electrons. The molecule has 6 heteroatoms. The molecule has 1 aliphatic rings. The first-order valence-electron chi connectivity index (χ1n) is 6.99. The topological polar surface area (TPSA) is 48.3 Å². The van der Waals surface area contributed by atoms with E-state index in [1.54, 1.807) is 0 Å². The SMILES string of the molecule is Cn1nccc1CCNCc1cc(Cl)c2c(c1)OCCO2. The maximum absolute atomic E-state index is 6.22. The molecule has 0 fully saturated rings. The third kappa shape index (κ3) is 3.31. The third-order valence-corrected chi connectivity index (χ3v) is 3.75. The summed E-state index contributed by atoms with van der Waals surface area (Å²) in [5, 5.41) is 8.17. The van der Waals surface area contributed by atoms with Gasteiger partial charge >= 0.3 is 0 Å². The number of aromatic nitrogens is 2. The van der Waals surface area contributed by atoms with Crippen molar-refractivity contribution in [2.24, 2.45) is 7.05 Å². The van der Waals surface area contributed by atoms with Gasteiger partial charge in [0.25, 0.3) is 0 Å². The van der Waals surface area contributed by atoms with Crippen molar-refractivity contribution < 1.29 is 9.47 Å². The maximum atomic E-state index is 6.22. The van der Waals surface area contributed by atoms with Crippen LogP contribution in [-0.2, 0) is 20.0 Å². The summed E-state index contributed by atoms with van der Waals surface area (Å²) in [4.78, 5) is 0. The van der Waals surface area contributed by atoms with Gasteiger partial charge in [0, 0.05) is 38.4 Å². The molecule has 0 saturated heterocycles. The van der Waals surface area contributed by atoms with Crippen molar-refractivity contribution in [3.8, 4) is 11.5 Å². The van der Waals surface area contributed by atoms with Gasteiger partial charge in [-0.2, -0.15) is 5.10 Å². The molecule has 2 heterocycles. The average molecular weight is 308 g/mol. The number of halogens is 1. The Hall–Kier alpha value is -1.72. The number of hydrogen-bond acceptors (Lipinski definition) is 4. The minimum absolute atomic E-state index is 0.551. The summed E-state index contributed by atoms with van der Waals surface area (Å²) in [7, 11) is 1.95. The van der Waals surface area contributed by atoms with Gasteiger partial charge in [0.15, 0.2) is 11.5 Å². The standard InChI is InChI=1S/C15H18ClN3O2/c1-19-12(3-5-18-19)2-4-17-10-11-8-13(16)15-14(9-11)20-6-7-21-15/h3,5,8-9,17H,2,4,6-7,10H2,1H3. The van der Waals surface area contributed by atoms with Crippen LogP contribution < -0.4 is 14.8 Å². The molecular formula is C15H18ClN3O2. The summed E-state index contributed by atoms with van der Waals surface area (Å²) in [6.45, 7) is 2.75. The van der Waals surface area contributed by atoms with E-state index in [1.807, 2.05) is 36.1 Å². The molecular weight excluding hydrogens is 290 g/mol. The Bertz CT molecular complexity index is 627. The molecule has 21 heavy (non-hydrogen) atoms. The second kappa shape index (κ2) is 6.37. The van der Waals surface area contributed by atoms with E-state index >= 15 is 0 Å². The number of nitrogens with one attached hydrogen (secondary N) is 1. The van der Waals surface area contributed by atoms with Crippen LogP contribution in [0.2, 0.25) is 5.02 Å². The summed E-state index contributed by atoms with van der Waals surface area (Å²) >= 11 is 6.22. The van der Waals surface area contributed by atoms with E-state index < -0.39 is 0 Å². The Kier molecular flexibility index (Phi) is 4.31. The lowest BCUT2D eigenvalue weighted by Gasteiger charge is -2.20. The fraction of sp³-hybridized carbons (Fsp3) is 0.400. The van der Waals surface area contributed by atoms with Crippen molar-refractivity contribution in [2.45, 2.75) is 13.0 Å². The first-order chi connectivity index (χ1) is 10.2. The van der Waals surface area contributed by atoms with E-state index in [1.165, 1.54) is 5.69 Å². The molecule has 2 aromatic rings. The van der Waals surface area contributed by atoms with Crippen molar-refractivity contribution in [2.75, 3.05) is 19.8 Å². The highest BCUT2D eigenvalue weighted by atomic mass is 35.5. The van der Waals surface area contributed by atoms with E-state index in [0.717, 1.165) is 30.8 Å². The number of ether oxygens (including phenoxy) is 2. The van der Waals surface area contributed by atoms with Gasteiger partial charge in [-0.05, 0) is 23.8 Å². The molecule has 1 aliphatic heterocycles. The zero-order valence-corrected chi connectivity index (χ0v) is 12.7. The van der Waals surface area contributed by atoms with Gasteiger partial charge in [-0.1, -0.05) is 11.6 Å². The van der Waals surface area contributed by atoms with E-state index in [9.17, 15) is 0 Å². The second-order valence-corrected chi connectivity index (χ2v) is 5.38. The molecule has 5 nitrogen and oxygen atoms in total. The summed E-state index contributed by atoms with van der Waals surface area (Å²) in [6, 6.07) is 5.94. The van der Waals surface area contributed by atoms with Crippen molar-refractivity contribution in [1.29, 1.82) is 0 Å². The number of hydrogen-bond donors (Lipinski definition) is 1. The largest absolute Gasteiger partial charge is 0.486 e. The molecule has 1 aromatic carbocycles. The van der Waals surface area contributed by atoms with Crippen LogP contribution >= 0.6 is 11.6 Å². The number of nitrogens with zero attached hydrogens (tertiary/aromatic N) is 2. The van der Waals surface area contributed by atoms with Crippen LogP contribution in [0.3, 0.4) is 0 Å². The third-order valence-electron chi connectivity index (χ3n) is 3.47. The zero-order valence-electron chi connectivity index (χ0n) is 11.9. The van der Waals surface area contributed by atoms with Crippen molar-refractivity contribution in [3.05, 3.63) is 40.7 Å². The molecule has 0 saturated carbocycles. The van der Waals surface area contributed by atoms with Gasteiger partial charge in [0.05, 0.1) is 5.02 Å². The first kappa shape index (κ1) is 14.2. The van der Waals surface area contributed by atoms with Crippen molar-refractivity contribution in [1.82, 2.24) is 15.1 Å². The molecule has 0 bridgehead atoms. The lowest BCUT2D eigenvalue weighted by atomic mass is 10.2. The molecule has 3 rings (SSSR count). The van der Waals surface area contributed by atoms with Crippen LogP contribution in [0, 0.1) is 0 Å². The number of rotatable bonds is 5. The van der Waals surface area contributed by atoms with Gasteiger partial charge in [-0.25, -0.2) is 0 Å². The average Bonchev–Trinajstić information content (AvgIpc) is 2.89. The molecule has 0 amide bonds. The second-order valence-electron chi connectivity index (χ2n) is 4.97. The Morgan fingerprint density at radius 2 is 2.19 bits per heavy atom. The van der Waals surface area contributed by atoms with Crippen LogP contribution in [0.15, 0.2) is 24.4 Å². The predicted octanol–water partition coefficient (Wildman–Crippen LogP) is 2.18. The highest BCUT2D eigenvalue weighted by Gasteiger charge is 2.16. The smallest absolute Gasteiger partial charge is 0.179 e. The number of benzene rings is 1. The van der Waals surface area contributed by atoms with Crippen LogP contribution in [0.25, 0.3) is 0 Å². The van der Waals surface area contributed by atoms with Crippen LogP contribution in [0.4, 0.5) is 0 Å². The fourth-order valence-corrected chi connectivity index (χ4v) is 2.65. The highest BCUT2D eigenvalue weighted by molar-refractivity contribution is 6.32. The summed E-state index contributed by atoms with van der Waals surface area (Å²) in [5.74, 6) is 1.39. The molecule has 0 atom stereocenters. The van der Waals surface area contributed by atoms with E-state index in [2.05, 4.69) is 10.4 Å². The molecule has 1 aromatic heterocycles. The highest BCUT2D eigenvalue weighted by Crippen LogP contribution is 2.38. The van der Waals surface area contributed by atoms with Gasteiger partial charge in [-0.15, -0.1) is 0 Å². The lowest BCUT2D eigenvalue weighted by molar-refractivity contribution is 0.171. The van der Waals surface area contributed by atoms with Crippen molar-refractivity contribution >= 4 is 11.6 Å². The normalized spacial score (nSPS) is 13.4. The summed E-state index contributed by atoms with van der Waals surface area (Å²) < 4.78 is 13.0. The molecule has 0 spiro atoms. The molecule has 1 N–H and O–H groups in total. The Morgan fingerprint density at radius 1 is 1.33 bits per heavy atom. The Morgan fingerprint density at radius 3 is 3.00 bits per heavy atom. The van der Waals surface area contributed by atoms with Gasteiger partial charge < -0.3 is 14.8 Å². The maximum Gasteiger partial charge on any atom is 0.179 e. The molecule has 0 radical (unpaired) electrons. The predicted molar refractivity (Wildman–Crippen MR) is 81.1 cm³/mol. The van der Waals surface area contributed by atoms with E-state index in [0.29, 0.717) is 24.0 Å². The number of aryl methyl sites for hydroxylation is 1. The minimum Gasteiger partial charge on any atom is -0.486 e. The van der Waals surface area contributed by atoms with E-state index in [-0.39, 0.29) is 0 Å². The van der Waals surface area contributed by atoms with Crippen LogP contribution in [-0.4, -0.2) is 29.5 Å². The first-order valence-corrected chi connectivity index (χ1v) is 7.37. The van der Waals surface area contributed by atoms with Gasteiger partial charge in [0.2, 0.25) is 0 Å². The molecule has 0 unspecified atom stereocenters. The van der Waals surface area contributed by atoms with E-state index in [4.69, 9.17) is 21.1 Å².